The standard InChI is InChI=1S/C28H36O5/c1-6-17(2)20-11-8-12-21-25(20)33-28(3,4)23-16-22(27(29)30)24(32-26(21)23)14-13-18-9-7-10-19(15-18)31-5/h7-12,15,17,22-24,26H,6,13-14,16H2,1-5H3,(H,29,30)/t17-,22+,23-,24-,26+/m0/s1. The van der Waals surface area contributed by atoms with E-state index in [0.29, 0.717) is 18.8 Å². The Bertz CT molecular complexity index is 998. The third-order valence-corrected chi connectivity index (χ3v) is 7.60. The lowest BCUT2D eigenvalue weighted by molar-refractivity contribution is -0.188. The van der Waals surface area contributed by atoms with Gasteiger partial charge in [0.2, 0.25) is 0 Å². The smallest absolute Gasteiger partial charge is 0.309 e. The van der Waals surface area contributed by atoms with Crippen LogP contribution in [0.4, 0.5) is 0 Å². The third-order valence-electron chi connectivity index (χ3n) is 7.60. The molecule has 0 amide bonds. The zero-order valence-electron chi connectivity index (χ0n) is 20.3. The number of benzene rings is 2. The van der Waals surface area contributed by atoms with E-state index >= 15 is 0 Å². The topological polar surface area (TPSA) is 65.0 Å². The number of carboxylic acids is 1. The molecular weight excluding hydrogens is 416 g/mol. The largest absolute Gasteiger partial charge is 0.497 e. The van der Waals surface area contributed by atoms with Crippen molar-refractivity contribution in [2.75, 3.05) is 7.11 Å². The van der Waals surface area contributed by atoms with Crippen LogP contribution in [0.3, 0.4) is 0 Å². The van der Waals surface area contributed by atoms with Gasteiger partial charge in [-0.05, 0) is 68.7 Å². The van der Waals surface area contributed by atoms with Gasteiger partial charge in [0.05, 0.1) is 25.2 Å². The van der Waals surface area contributed by atoms with Crippen LogP contribution in [0.1, 0.15) is 75.7 Å². The van der Waals surface area contributed by atoms with Gasteiger partial charge in [0, 0.05) is 11.5 Å². The quantitative estimate of drug-likeness (QED) is 0.545. The monoisotopic (exact) mass is 452 g/mol. The summed E-state index contributed by atoms with van der Waals surface area (Å²) in [5.41, 5.74) is 2.88. The summed E-state index contributed by atoms with van der Waals surface area (Å²) in [5, 5.41) is 10.1. The molecule has 2 aromatic carbocycles. The van der Waals surface area contributed by atoms with Gasteiger partial charge < -0.3 is 19.3 Å². The van der Waals surface area contributed by atoms with E-state index < -0.39 is 17.5 Å². The van der Waals surface area contributed by atoms with E-state index in [0.717, 1.165) is 35.5 Å². The Morgan fingerprint density at radius 3 is 2.70 bits per heavy atom. The highest BCUT2D eigenvalue weighted by Gasteiger charge is 2.52. The molecule has 5 heteroatoms. The van der Waals surface area contributed by atoms with Crippen molar-refractivity contribution in [2.45, 2.75) is 77.1 Å². The van der Waals surface area contributed by atoms with Gasteiger partial charge in [-0.2, -0.15) is 0 Å². The summed E-state index contributed by atoms with van der Waals surface area (Å²) >= 11 is 0. The van der Waals surface area contributed by atoms with Crippen molar-refractivity contribution >= 4 is 5.97 Å². The molecule has 0 unspecified atom stereocenters. The Balaban J connectivity index is 1.64. The normalized spacial score (nSPS) is 26.5. The molecule has 4 rings (SSSR count). The summed E-state index contributed by atoms with van der Waals surface area (Å²) in [6, 6.07) is 14.3. The van der Waals surface area contributed by atoms with Crippen molar-refractivity contribution in [1.82, 2.24) is 0 Å². The molecule has 0 bridgehead atoms. The second-order valence-corrected chi connectivity index (χ2v) is 10.1. The maximum atomic E-state index is 12.2. The third kappa shape index (κ3) is 4.61. The Morgan fingerprint density at radius 2 is 2.00 bits per heavy atom. The first kappa shape index (κ1) is 23.6. The molecule has 1 fully saturated rings. The summed E-state index contributed by atoms with van der Waals surface area (Å²) in [4.78, 5) is 12.2. The molecule has 33 heavy (non-hydrogen) atoms. The van der Waals surface area contributed by atoms with Gasteiger partial charge >= 0.3 is 5.97 Å². The van der Waals surface area contributed by atoms with Crippen LogP contribution < -0.4 is 9.47 Å². The lowest BCUT2D eigenvalue weighted by atomic mass is 9.70. The van der Waals surface area contributed by atoms with E-state index in [9.17, 15) is 9.90 Å². The molecule has 2 heterocycles. The Morgan fingerprint density at radius 1 is 1.24 bits per heavy atom. The van der Waals surface area contributed by atoms with Gasteiger partial charge in [0.25, 0.3) is 0 Å². The molecule has 0 radical (unpaired) electrons. The molecule has 2 aliphatic rings. The van der Waals surface area contributed by atoms with Crippen molar-refractivity contribution in [3.8, 4) is 11.5 Å². The second-order valence-electron chi connectivity index (χ2n) is 10.1. The molecule has 0 aliphatic carbocycles. The summed E-state index contributed by atoms with van der Waals surface area (Å²) in [6.45, 7) is 8.54. The van der Waals surface area contributed by atoms with Gasteiger partial charge in [-0.25, -0.2) is 0 Å². The Labute approximate surface area is 197 Å². The van der Waals surface area contributed by atoms with Gasteiger partial charge in [0.15, 0.2) is 0 Å². The summed E-state index contributed by atoms with van der Waals surface area (Å²) in [6.07, 6.45) is 2.43. The molecule has 0 aromatic heterocycles. The van der Waals surface area contributed by atoms with Crippen LogP contribution >= 0.6 is 0 Å². The van der Waals surface area contributed by atoms with Gasteiger partial charge in [-0.3, -0.25) is 4.79 Å². The van der Waals surface area contributed by atoms with Crippen LogP contribution in [-0.2, 0) is 16.0 Å². The lowest BCUT2D eigenvalue weighted by Crippen LogP contribution is -2.52. The Kier molecular flexibility index (Phi) is 6.71. The first-order valence-electron chi connectivity index (χ1n) is 12.1. The molecule has 1 N–H and O–H groups in total. The average Bonchev–Trinajstić information content (AvgIpc) is 2.81. The van der Waals surface area contributed by atoms with Crippen LogP contribution in [0.2, 0.25) is 0 Å². The number of ether oxygens (including phenoxy) is 3. The number of aliphatic carboxylic acids is 1. The SMILES string of the molecule is CC[C@H](C)c1cccc2c1OC(C)(C)[C@H]1C[C@@H](C(=O)O)[C@H](CCc3cccc(OC)c3)O[C@H]21. The minimum atomic E-state index is -0.793. The van der Waals surface area contributed by atoms with Crippen LogP contribution in [0.25, 0.3) is 0 Å². The van der Waals surface area contributed by atoms with E-state index in [1.807, 2.05) is 18.2 Å². The predicted octanol–water partition coefficient (Wildman–Crippen LogP) is 6.16. The van der Waals surface area contributed by atoms with Crippen LogP contribution in [0.5, 0.6) is 11.5 Å². The zero-order chi connectivity index (χ0) is 23.8. The van der Waals surface area contributed by atoms with Crippen LogP contribution in [0, 0.1) is 11.8 Å². The number of rotatable bonds is 7. The molecular formula is C28H36O5. The lowest BCUT2D eigenvalue weighted by Gasteiger charge is -2.51. The second kappa shape index (κ2) is 9.38. The molecule has 2 aliphatic heterocycles. The molecule has 5 nitrogen and oxygen atoms in total. The highest BCUT2D eigenvalue weighted by Crippen LogP contribution is 2.54. The fourth-order valence-electron chi connectivity index (χ4n) is 5.39. The fourth-order valence-corrected chi connectivity index (χ4v) is 5.39. The highest BCUT2D eigenvalue weighted by atomic mass is 16.5. The highest BCUT2D eigenvalue weighted by molar-refractivity contribution is 5.71. The molecule has 5 atom stereocenters. The minimum Gasteiger partial charge on any atom is -0.497 e. The van der Waals surface area contributed by atoms with Crippen molar-refractivity contribution < 1.29 is 24.1 Å². The Hall–Kier alpha value is -2.53. The molecule has 2 aromatic rings. The minimum absolute atomic E-state index is 0.0219. The van der Waals surface area contributed by atoms with Crippen molar-refractivity contribution in [3.63, 3.8) is 0 Å². The maximum Gasteiger partial charge on any atom is 0.309 e. The fraction of sp³-hybridized carbons (Fsp3) is 0.536. The van der Waals surface area contributed by atoms with Crippen molar-refractivity contribution in [2.24, 2.45) is 11.8 Å². The first-order valence-corrected chi connectivity index (χ1v) is 12.1. The number of hydrogen-bond acceptors (Lipinski definition) is 4. The number of aryl methyl sites for hydroxylation is 1. The van der Waals surface area contributed by atoms with Crippen molar-refractivity contribution in [3.05, 3.63) is 59.2 Å². The summed E-state index contributed by atoms with van der Waals surface area (Å²) in [5.74, 6) is 0.749. The van der Waals surface area contributed by atoms with Crippen LogP contribution in [0.15, 0.2) is 42.5 Å². The van der Waals surface area contributed by atoms with Crippen molar-refractivity contribution in [1.29, 1.82) is 0 Å². The van der Waals surface area contributed by atoms with E-state index in [4.69, 9.17) is 14.2 Å². The van der Waals surface area contributed by atoms with Gasteiger partial charge in [-0.1, -0.05) is 44.2 Å². The number of carboxylic acid groups (broad SMARTS) is 1. The number of para-hydroxylation sites is 1. The number of methoxy groups -OCH3 is 1. The predicted molar refractivity (Wildman–Crippen MR) is 128 cm³/mol. The average molecular weight is 453 g/mol. The first-order chi connectivity index (χ1) is 15.7. The van der Waals surface area contributed by atoms with Gasteiger partial charge in [-0.15, -0.1) is 0 Å². The van der Waals surface area contributed by atoms with E-state index in [-0.39, 0.29) is 18.1 Å². The number of carbonyl (C=O) groups is 1. The van der Waals surface area contributed by atoms with Crippen LogP contribution in [-0.4, -0.2) is 29.9 Å². The maximum absolute atomic E-state index is 12.2. The molecule has 0 saturated carbocycles. The van der Waals surface area contributed by atoms with E-state index in [1.165, 1.54) is 5.56 Å². The summed E-state index contributed by atoms with van der Waals surface area (Å²) in [7, 11) is 1.65. The molecule has 1 saturated heterocycles. The van der Waals surface area contributed by atoms with E-state index in [1.54, 1.807) is 7.11 Å². The molecule has 178 valence electrons. The van der Waals surface area contributed by atoms with E-state index in [2.05, 4.69) is 52.0 Å². The zero-order valence-corrected chi connectivity index (χ0v) is 20.3. The number of fused-ring (bicyclic) bond motifs is 3. The molecule has 0 spiro atoms. The summed E-state index contributed by atoms with van der Waals surface area (Å²) < 4.78 is 18.6. The van der Waals surface area contributed by atoms with Gasteiger partial charge in [0.1, 0.15) is 17.1 Å². The number of hydrogen-bond donors (Lipinski definition) is 1.